The van der Waals surface area contributed by atoms with E-state index in [1.807, 2.05) is 14.0 Å². The van der Waals surface area contributed by atoms with Crippen LogP contribution in [-0.2, 0) is 4.84 Å². The zero-order chi connectivity index (χ0) is 8.91. The SMILES string of the molecule is CCN(C)OCCC(C)(C)O. The Bertz CT molecular complexity index is 98.8. The standard InChI is InChI=1S/C8H19NO2/c1-5-9(4)11-7-6-8(2,3)10/h10H,5-7H2,1-4H3. The van der Waals surface area contributed by atoms with Crippen molar-refractivity contribution in [3.8, 4) is 0 Å². The van der Waals surface area contributed by atoms with Gasteiger partial charge in [0.05, 0.1) is 12.2 Å². The third-order valence-electron chi connectivity index (χ3n) is 1.47. The molecule has 0 aromatic rings. The Morgan fingerprint density at radius 3 is 2.36 bits per heavy atom. The van der Waals surface area contributed by atoms with Crippen LogP contribution in [0, 0.1) is 0 Å². The van der Waals surface area contributed by atoms with E-state index >= 15 is 0 Å². The fourth-order valence-corrected chi connectivity index (χ4v) is 0.543. The molecule has 11 heavy (non-hydrogen) atoms. The highest BCUT2D eigenvalue weighted by Crippen LogP contribution is 2.06. The van der Waals surface area contributed by atoms with Crippen molar-refractivity contribution in [3.63, 3.8) is 0 Å². The van der Waals surface area contributed by atoms with Crippen LogP contribution in [0.4, 0.5) is 0 Å². The molecule has 0 radical (unpaired) electrons. The van der Waals surface area contributed by atoms with E-state index in [9.17, 15) is 5.11 Å². The first-order valence-corrected chi connectivity index (χ1v) is 4.02. The first-order valence-electron chi connectivity index (χ1n) is 4.02. The lowest BCUT2D eigenvalue weighted by Crippen LogP contribution is -2.25. The van der Waals surface area contributed by atoms with Gasteiger partial charge in [0, 0.05) is 20.0 Å². The van der Waals surface area contributed by atoms with Crippen LogP contribution in [0.15, 0.2) is 0 Å². The summed E-state index contributed by atoms with van der Waals surface area (Å²) >= 11 is 0. The average Bonchev–Trinajstić information content (AvgIpc) is 1.85. The van der Waals surface area contributed by atoms with Crippen LogP contribution in [-0.4, -0.2) is 36.0 Å². The fraction of sp³-hybridized carbons (Fsp3) is 1.00. The molecule has 0 fully saturated rings. The van der Waals surface area contributed by atoms with Crippen LogP contribution >= 0.6 is 0 Å². The molecule has 1 N–H and O–H groups in total. The topological polar surface area (TPSA) is 32.7 Å². The first kappa shape index (κ1) is 10.9. The summed E-state index contributed by atoms with van der Waals surface area (Å²) in [4.78, 5) is 5.24. The van der Waals surface area contributed by atoms with E-state index in [2.05, 4.69) is 0 Å². The molecule has 0 aromatic carbocycles. The fourth-order valence-electron chi connectivity index (χ4n) is 0.543. The van der Waals surface area contributed by atoms with E-state index in [0.29, 0.717) is 13.0 Å². The van der Waals surface area contributed by atoms with Crippen LogP contribution < -0.4 is 0 Å². The maximum atomic E-state index is 9.30. The number of hydroxylamine groups is 2. The van der Waals surface area contributed by atoms with E-state index in [1.165, 1.54) is 0 Å². The van der Waals surface area contributed by atoms with Gasteiger partial charge in [0.15, 0.2) is 0 Å². The van der Waals surface area contributed by atoms with Gasteiger partial charge in [-0.3, -0.25) is 4.84 Å². The molecule has 0 heterocycles. The maximum absolute atomic E-state index is 9.30. The third kappa shape index (κ3) is 7.78. The van der Waals surface area contributed by atoms with Crippen molar-refractivity contribution in [1.29, 1.82) is 0 Å². The molecule has 0 atom stereocenters. The molecule has 0 rings (SSSR count). The van der Waals surface area contributed by atoms with Gasteiger partial charge in [-0.1, -0.05) is 6.92 Å². The Morgan fingerprint density at radius 2 is 2.00 bits per heavy atom. The van der Waals surface area contributed by atoms with Gasteiger partial charge in [0.2, 0.25) is 0 Å². The van der Waals surface area contributed by atoms with Crippen molar-refractivity contribution in [1.82, 2.24) is 5.06 Å². The minimum atomic E-state index is -0.616. The highest BCUT2D eigenvalue weighted by molar-refractivity contribution is 4.63. The summed E-state index contributed by atoms with van der Waals surface area (Å²) < 4.78 is 0. The predicted octanol–water partition coefficient (Wildman–Crippen LogP) is 1.03. The molecule has 0 unspecified atom stereocenters. The third-order valence-corrected chi connectivity index (χ3v) is 1.47. The highest BCUT2D eigenvalue weighted by atomic mass is 16.7. The molecule has 3 heteroatoms. The average molecular weight is 161 g/mol. The van der Waals surface area contributed by atoms with E-state index in [1.54, 1.807) is 18.9 Å². The summed E-state index contributed by atoms with van der Waals surface area (Å²) in [6.45, 7) is 7.02. The van der Waals surface area contributed by atoms with Crippen LogP contribution in [0.2, 0.25) is 0 Å². The largest absolute Gasteiger partial charge is 0.390 e. The van der Waals surface area contributed by atoms with Gasteiger partial charge in [-0.05, 0) is 13.8 Å². The zero-order valence-corrected chi connectivity index (χ0v) is 7.92. The van der Waals surface area contributed by atoms with Gasteiger partial charge in [0.1, 0.15) is 0 Å². The molecule has 0 spiro atoms. The van der Waals surface area contributed by atoms with Crippen molar-refractivity contribution < 1.29 is 9.94 Å². The van der Waals surface area contributed by atoms with Crippen molar-refractivity contribution in [2.45, 2.75) is 32.8 Å². The van der Waals surface area contributed by atoms with E-state index in [4.69, 9.17) is 4.84 Å². The van der Waals surface area contributed by atoms with Gasteiger partial charge in [0.25, 0.3) is 0 Å². The van der Waals surface area contributed by atoms with E-state index in [-0.39, 0.29) is 0 Å². The summed E-state index contributed by atoms with van der Waals surface area (Å²) in [5.41, 5.74) is -0.616. The molecule has 0 aliphatic heterocycles. The van der Waals surface area contributed by atoms with Crippen LogP contribution in [0.1, 0.15) is 27.2 Å². The summed E-state index contributed by atoms with van der Waals surface area (Å²) in [6.07, 6.45) is 0.664. The van der Waals surface area contributed by atoms with Crippen molar-refractivity contribution in [2.75, 3.05) is 20.2 Å². The smallest absolute Gasteiger partial charge is 0.0712 e. The van der Waals surface area contributed by atoms with Crippen LogP contribution in [0.25, 0.3) is 0 Å². The molecule has 0 saturated heterocycles. The molecular weight excluding hydrogens is 142 g/mol. The van der Waals surface area contributed by atoms with Gasteiger partial charge in [-0.15, -0.1) is 0 Å². The molecule has 3 nitrogen and oxygen atoms in total. The summed E-state index contributed by atoms with van der Waals surface area (Å²) in [5.74, 6) is 0. The number of hydrogen-bond acceptors (Lipinski definition) is 3. The second-order valence-corrected chi connectivity index (χ2v) is 3.34. The lowest BCUT2D eigenvalue weighted by Gasteiger charge is -2.19. The molecule has 0 aliphatic carbocycles. The minimum Gasteiger partial charge on any atom is -0.390 e. The highest BCUT2D eigenvalue weighted by Gasteiger charge is 2.11. The molecule has 0 aliphatic rings. The van der Waals surface area contributed by atoms with Gasteiger partial charge in [-0.25, -0.2) is 0 Å². The quantitative estimate of drug-likeness (QED) is 0.611. The number of hydrogen-bond donors (Lipinski definition) is 1. The molecule has 68 valence electrons. The lowest BCUT2D eigenvalue weighted by molar-refractivity contribution is -0.147. The zero-order valence-electron chi connectivity index (χ0n) is 7.92. The van der Waals surface area contributed by atoms with E-state index in [0.717, 1.165) is 6.54 Å². The Labute approximate surface area is 68.9 Å². The van der Waals surface area contributed by atoms with Gasteiger partial charge in [-0.2, -0.15) is 5.06 Å². The molecule has 0 aromatic heterocycles. The van der Waals surface area contributed by atoms with Crippen molar-refractivity contribution in [3.05, 3.63) is 0 Å². The van der Waals surface area contributed by atoms with Gasteiger partial charge < -0.3 is 5.11 Å². The number of aliphatic hydroxyl groups is 1. The van der Waals surface area contributed by atoms with Gasteiger partial charge >= 0.3 is 0 Å². The summed E-state index contributed by atoms with van der Waals surface area (Å²) in [5, 5.41) is 11.1. The Hall–Kier alpha value is -0.120. The number of rotatable bonds is 5. The molecule has 0 saturated carbocycles. The monoisotopic (exact) mass is 161 g/mol. The van der Waals surface area contributed by atoms with Crippen molar-refractivity contribution >= 4 is 0 Å². The van der Waals surface area contributed by atoms with Crippen LogP contribution in [0.3, 0.4) is 0 Å². The second-order valence-electron chi connectivity index (χ2n) is 3.34. The van der Waals surface area contributed by atoms with Crippen LogP contribution in [0.5, 0.6) is 0 Å². The van der Waals surface area contributed by atoms with E-state index < -0.39 is 5.60 Å². The molecule has 0 bridgehead atoms. The first-order chi connectivity index (χ1) is 4.95. The Morgan fingerprint density at radius 1 is 1.45 bits per heavy atom. The predicted molar refractivity (Wildman–Crippen MR) is 45.2 cm³/mol. The summed E-state index contributed by atoms with van der Waals surface area (Å²) in [6, 6.07) is 0. The number of nitrogens with zero attached hydrogens (tertiary/aromatic N) is 1. The Kier molecular flexibility index (Phi) is 4.65. The Balaban J connectivity index is 3.28. The molecule has 0 amide bonds. The summed E-state index contributed by atoms with van der Waals surface area (Å²) in [7, 11) is 1.88. The lowest BCUT2D eigenvalue weighted by atomic mass is 10.1. The van der Waals surface area contributed by atoms with Crippen molar-refractivity contribution in [2.24, 2.45) is 0 Å². The second kappa shape index (κ2) is 4.70. The minimum absolute atomic E-state index is 0.577. The maximum Gasteiger partial charge on any atom is 0.0712 e. The molecular formula is C8H19NO2. The normalized spacial score (nSPS) is 12.5.